The van der Waals surface area contributed by atoms with Crippen molar-refractivity contribution in [1.82, 2.24) is 5.32 Å². The van der Waals surface area contributed by atoms with Gasteiger partial charge in [-0.25, -0.2) is 0 Å². The third-order valence-corrected chi connectivity index (χ3v) is 3.25. The van der Waals surface area contributed by atoms with E-state index in [0.29, 0.717) is 19.6 Å². The summed E-state index contributed by atoms with van der Waals surface area (Å²) in [6.45, 7) is 7.85. The minimum absolute atomic E-state index is 0.119. The van der Waals surface area contributed by atoms with E-state index in [2.05, 4.69) is 12.2 Å². The molecule has 0 bridgehead atoms. The first kappa shape index (κ1) is 14.5. The zero-order valence-corrected chi connectivity index (χ0v) is 11.3. The summed E-state index contributed by atoms with van der Waals surface area (Å²) < 4.78 is 10.9. The van der Waals surface area contributed by atoms with E-state index in [-0.39, 0.29) is 12.1 Å². The molecule has 1 fully saturated rings. The molecular formula is C13H25NO3. The molecule has 0 spiro atoms. The number of esters is 1. The van der Waals surface area contributed by atoms with Crippen LogP contribution in [0.15, 0.2) is 0 Å². The predicted molar refractivity (Wildman–Crippen MR) is 66.9 cm³/mol. The number of rotatable bonds is 6. The zero-order chi connectivity index (χ0) is 12.7. The van der Waals surface area contributed by atoms with Crippen molar-refractivity contribution in [2.75, 3.05) is 19.8 Å². The Morgan fingerprint density at radius 3 is 2.82 bits per heavy atom. The van der Waals surface area contributed by atoms with Gasteiger partial charge in [-0.1, -0.05) is 20.3 Å². The van der Waals surface area contributed by atoms with Crippen LogP contribution < -0.4 is 5.32 Å². The summed E-state index contributed by atoms with van der Waals surface area (Å²) in [6.07, 6.45) is 3.70. The molecule has 1 N–H and O–H groups in total. The monoisotopic (exact) mass is 243 g/mol. The third kappa shape index (κ3) is 3.68. The average molecular weight is 243 g/mol. The second kappa shape index (κ2) is 6.97. The van der Waals surface area contributed by atoms with Gasteiger partial charge in [0.2, 0.25) is 0 Å². The maximum atomic E-state index is 12.1. The molecule has 1 heterocycles. The molecule has 1 rings (SSSR count). The summed E-state index contributed by atoms with van der Waals surface area (Å²) in [6, 6.07) is 0. The lowest BCUT2D eigenvalue weighted by Gasteiger charge is -2.39. The van der Waals surface area contributed by atoms with Gasteiger partial charge in [0.1, 0.15) is 5.54 Å². The Morgan fingerprint density at radius 1 is 1.47 bits per heavy atom. The molecule has 0 saturated carbocycles. The Hall–Kier alpha value is -0.610. The van der Waals surface area contributed by atoms with E-state index in [4.69, 9.17) is 9.47 Å². The van der Waals surface area contributed by atoms with E-state index in [9.17, 15) is 4.79 Å². The number of carbonyl (C=O) groups excluding carboxylic acids is 1. The fourth-order valence-electron chi connectivity index (χ4n) is 2.48. The van der Waals surface area contributed by atoms with Crippen molar-refractivity contribution in [2.45, 2.75) is 58.1 Å². The molecule has 1 aliphatic heterocycles. The minimum atomic E-state index is -0.525. The predicted octanol–water partition coefficient (Wildman–Crippen LogP) is 1.88. The quantitative estimate of drug-likeness (QED) is 0.724. The van der Waals surface area contributed by atoms with E-state index in [1.807, 2.05) is 13.8 Å². The highest BCUT2D eigenvalue weighted by Crippen LogP contribution is 2.28. The van der Waals surface area contributed by atoms with Crippen LogP contribution in [-0.2, 0) is 14.3 Å². The van der Waals surface area contributed by atoms with Crippen molar-refractivity contribution in [1.29, 1.82) is 0 Å². The van der Waals surface area contributed by atoms with Gasteiger partial charge in [-0.2, -0.15) is 0 Å². The molecule has 0 amide bonds. The van der Waals surface area contributed by atoms with Crippen molar-refractivity contribution in [3.63, 3.8) is 0 Å². The van der Waals surface area contributed by atoms with Gasteiger partial charge >= 0.3 is 5.97 Å². The van der Waals surface area contributed by atoms with Gasteiger partial charge in [0.25, 0.3) is 0 Å². The highest BCUT2D eigenvalue weighted by Gasteiger charge is 2.43. The maximum Gasteiger partial charge on any atom is 0.326 e. The second-order valence-corrected chi connectivity index (χ2v) is 4.57. The van der Waals surface area contributed by atoms with E-state index < -0.39 is 5.54 Å². The van der Waals surface area contributed by atoms with E-state index in [0.717, 1.165) is 25.8 Å². The molecular weight excluding hydrogens is 218 g/mol. The highest BCUT2D eigenvalue weighted by atomic mass is 16.5. The largest absolute Gasteiger partial charge is 0.465 e. The number of likely N-dealkylation sites (N-methyl/N-ethyl adjacent to an activating group) is 1. The molecule has 4 heteroatoms. The molecule has 2 unspecified atom stereocenters. The van der Waals surface area contributed by atoms with Crippen LogP contribution >= 0.6 is 0 Å². The van der Waals surface area contributed by atoms with Crippen LogP contribution in [0.1, 0.15) is 46.5 Å². The molecule has 4 nitrogen and oxygen atoms in total. The fourth-order valence-corrected chi connectivity index (χ4v) is 2.48. The smallest absolute Gasteiger partial charge is 0.326 e. The summed E-state index contributed by atoms with van der Waals surface area (Å²) >= 11 is 0. The van der Waals surface area contributed by atoms with Crippen LogP contribution in [0.25, 0.3) is 0 Å². The SMILES string of the molecule is CCCC1CC(NCC)(C(=O)OCC)CCO1. The van der Waals surface area contributed by atoms with Crippen LogP contribution in [0.2, 0.25) is 0 Å². The Morgan fingerprint density at radius 2 is 2.24 bits per heavy atom. The van der Waals surface area contributed by atoms with Crippen LogP contribution in [-0.4, -0.2) is 37.4 Å². The van der Waals surface area contributed by atoms with Crippen molar-refractivity contribution in [3.05, 3.63) is 0 Å². The second-order valence-electron chi connectivity index (χ2n) is 4.57. The van der Waals surface area contributed by atoms with E-state index in [1.165, 1.54) is 0 Å². The Kier molecular flexibility index (Phi) is 5.92. The van der Waals surface area contributed by atoms with Crippen molar-refractivity contribution in [3.8, 4) is 0 Å². The van der Waals surface area contributed by atoms with Crippen molar-refractivity contribution in [2.24, 2.45) is 0 Å². The molecule has 0 aromatic rings. The number of carbonyl (C=O) groups is 1. The standard InChI is InChI=1S/C13H25NO3/c1-4-7-11-10-13(14-5-2,8-9-17-11)12(15)16-6-3/h11,14H,4-10H2,1-3H3. The summed E-state index contributed by atoms with van der Waals surface area (Å²) in [5.74, 6) is -0.119. The van der Waals surface area contributed by atoms with Gasteiger partial charge in [0.15, 0.2) is 0 Å². The maximum absolute atomic E-state index is 12.1. The zero-order valence-electron chi connectivity index (χ0n) is 11.3. The number of hydrogen-bond donors (Lipinski definition) is 1. The average Bonchev–Trinajstić information content (AvgIpc) is 2.30. The molecule has 1 saturated heterocycles. The van der Waals surface area contributed by atoms with Crippen LogP contribution in [0.5, 0.6) is 0 Å². The lowest BCUT2D eigenvalue weighted by atomic mass is 9.85. The van der Waals surface area contributed by atoms with Gasteiger partial charge in [0, 0.05) is 13.0 Å². The van der Waals surface area contributed by atoms with E-state index in [1.54, 1.807) is 0 Å². The molecule has 1 aliphatic rings. The normalized spacial score (nSPS) is 29.0. The number of nitrogens with one attached hydrogen (secondary N) is 1. The fraction of sp³-hybridized carbons (Fsp3) is 0.923. The van der Waals surface area contributed by atoms with Crippen LogP contribution in [0, 0.1) is 0 Å². The number of ether oxygens (including phenoxy) is 2. The minimum Gasteiger partial charge on any atom is -0.465 e. The molecule has 17 heavy (non-hydrogen) atoms. The Bertz CT molecular complexity index is 239. The van der Waals surface area contributed by atoms with Crippen molar-refractivity contribution >= 4 is 5.97 Å². The molecule has 2 atom stereocenters. The topological polar surface area (TPSA) is 47.6 Å². The van der Waals surface area contributed by atoms with Gasteiger partial charge in [-0.3, -0.25) is 4.79 Å². The Balaban J connectivity index is 2.71. The van der Waals surface area contributed by atoms with Crippen molar-refractivity contribution < 1.29 is 14.3 Å². The third-order valence-electron chi connectivity index (χ3n) is 3.25. The van der Waals surface area contributed by atoms with Gasteiger partial charge in [-0.05, 0) is 26.3 Å². The van der Waals surface area contributed by atoms with Gasteiger partial charge in [0.05, 0.1) is 12.7 Å². The lowest BCUT2D eigenvalue weighted by Crippen LogP contribution is -2.58. The number of hydrogen-bond acceptors (Lipinski definition) is 4. The molecule has 0 aliphatic carbocycles. The molecule has 0 aromatic heterocycles. The first-order chi connectivity index (χ1) is 8.18. The van der Waals surface area contributed by atoms with Crippen LogP contribution in [0.3, 0.4) is 0 Å². The van der Waals surface area contributed by atoms with Crippen LogP contribution in [0.4, 0.5) is 0 Å². The summed E-state index contributed by atoms with van der Waals surface area (Å²) in [5.41, 5.74) is -0.525. The summed E-state index contributed by atoms with van der Waals surface area (Å²) in [4.78, 5) is 12.1. The lowest BCUT2D eigenvalue weighted by molar-refractivity contribution is -0.158. The summed E-state index contributed by atoms with van der Waals surface area (Å²) in [7, 11) is 0. The first-order valence-corrected chi connectivity index (χ1v) is 6.72. The summed E-state index contributed by atoms with van der Waals surface area (Å²) in [5, 5.41) is 3.32. The van der Waals surface area contributed by atoms with Gasteiger partial charge < -0.3 is 14.8 Å². The molecule has 0 aromatic carbocycles. The van der Waals surface area contributed by atoms with E-state index >= 15 is 0 Å². The first-order valence-electron chi connectivity index (χ1n) is 6.72. The molecule has 100 valence electrons. The molecule has 0 radical (unpaired) electrons. The Labute approximate surface area is 104 Å². The van der Waals surface area contributed by atoms with Gasteiger partial charge in [-0.15, -0.1) is 0 Å². The highest BCUT2D eigenvalue weighted by molar-refractivity contribution is 5.81.